The maximum atomic E-state index is 12.8. The number of anilines is 1. The molecular weight excluding hydrogens is 448 g/mol. The van der Waals surface area contributed by atoms with Crippen LogP contribution in [0, 0.1) is 11.3 Å². The van der Waals surface area contributed by atoms with E-state index in [-0.39, 0.29) is 17.2 Å². The number of benzene rings is 2. The quantitative estimate of drug-likeness (QED) is 0.378. The number of furan rings is 1. The second-order valence-electron chi connectivity index (χ2n) is 11.3. The molecule has 3 aromatic rings. The molecule has 2 heterocycles. The smallest absolute Gasteiger partial charge is 0.224 e. The molecule has 1 atom stereocenters. The van der Waals surface area contributed by atoms with Crippen LogP contribution in [0.4, 0.5) is 5.69 Å². The van der Waals surface area contributed by atoms with E-state index in [0.29, 0.717) is 38.3 Å². The van der Waals surface area contributed by atoms with Crippen molar-refractivity contribution in [2.75, 3.05) is 11.9 Å². The molecule has 2 aromatic carbocycles. The molecule has 5 nitrogen and oxygen atoms in total. The molecule has 1 aliphatic heterocycles. The van der Waals surface area contributed by atoms with E-state index in [0.717, 1.165) is 41.2 Å². The molecule has 5 heteroatoms. The second-order valence-corrected chi connectivity index (χ2v) is 11.3. The van der Waals surface area contributed by atoms with Gasteiger partial charge in [-0.1, -0.05) is 70.2 Å². The number of fused-ring (bicyclic) bond motifs is 1. The lowest BCUT2D eigenvalue weighted by atomic mass is 9.84. The molecule has 1 aliphatic rings. The van der Waals surface area contributed by atoms with Gasteiger partial charge in [-0.3, -0.25) is 9.59 Å². The number of amides is 2. The topological polar surface area (TPSA) is 62.6 Å². The third-order valence-electron chi connectivity index (χ3n) is 6.62. The van der Waals surface area contributed by atoms with Crippen molar-refractivity contribution in [3.05, 3.63) is 77.6 Å². The van der Waals surface area contributed by atoms with Gasteiger partial charge in [-0.15, -0.1) is 0 Å². The van der Waals surface area contributed by atoms with Gasteiger partial charge in [0.25, 0.3) is 0 Å². The lowest BCUT2D eigenvalue weighted by Gasteiger charge is -2.26. The molecule has 2 amide bonds. The number of aryl methyl sites for hydroxylation is 1. The van der Waals surface area contributed by atoms with Crippen LogP contribution in [0.25, 0.3) is 11.3 Å². The summed E-state index contributed by atoms with van der Waals surface area (Å²) in [5.74, 6) is 2.26. The highest BCUT2D eigenvalue weighted by molar-refractivity contribution is 5.91. The Morgan fingerprint density at radius 1 is 1.06 bits per heavy atom. The van der Waals surface area contributed by atoms with Crippen LogP contribution in [-0.2, 0) is 29.0 Å². The van der Waals surface area contributed by atoms with Crippen molar-refractivity contribution in [1.82, 2.24) is 4.90 Å². The van der Waals surface area contributed by atoms with Crippen LogP contribution in [0.2, 0.25) is 0 Å². The van der Waals surface area contributed by atoms with Gasteiger partial charge in [0.15, 0.2) is 0 Å². The van der Waals surface area contributed by atoms with Gasteiger partial charge in [0.2, 0.25) is 11.8 Å². The highest BCUT2D eigenvalue weighted by Crippen LogP contribution is 2.31. The fraction of sp³-hybridized carbons (Fsp3) is 0.419. The van der Waals surface area contributed by atoms with E-state index < -0.39 is 0 Å². The SMILES string of the molecule is CC(CC(=O)Nc1cccc(-c2cc3c(o2)CCN(C(=O)CCc2ccccc2)C3)c1)CC(C)(C)C. The minimum atomic E-state index is 0.0345. The van der Waals surface area contributed by atoms with Crippen LogP contribution in [0.1, 0.15) is 63.8 Å². The van der Waals surface area contributed by atoms with Crippen molar-refractivity contribution in [1.29, 1.82) is 0 Å². The van der Waals surface area contributed by atoms with Gasteiger partial charge >= 0.3 is 0 Å². The van der Waals surface area contributed by atoms with Crippen molar-refractivity contribution in [3.63, 3.8) is 0 Å². The molecular formula is C31H38N2O3. The summed E-state index contributed by atoms with van der Waals surface area (Å²) in [6.45, 7) is 9.99. The first kappa shape index (κ1) is 25.7. The molecule has 0 saturated heterocycles. The first-order valence-electron chi connectivity index (χ1n) is 13.0. The lowest BCUT2D eigenvalue weighted by Crippen LogP contribution is -2.35. The van der Waals surface area contributed by atoms with Crippen LogP contribution in [0.3, 0.4) is 0 Å². The first-order valence-corrected chi connectivity index (χ1v) is 13.0. The molecule has 1 N–H and O–H groups in total. The molecule has 0 radical (unpaired) electrons. The predicted octanol–water partition coefficient (Wildman–Crippen LogP) is 6.87. The summed E-state index contributed by atoms with van der Waals surface area (Å²) in [6, 6.07) is 20.0. The maximum Gasteiger partial charge on any atom is 0.224 e. The summed E-state index contributed by atoms with van der Waals surface area (Å²) in [7, 11) is 0. The Morgan fingerprint density at radius 3 is 2.58 bits per heavy atom. The third-order valence-corrected chi connectivity index (χ3v) is 6.62. The van der Waals surface area contributed by atoms with Gasteiger partial charge in [-0.05, 0) is 47.9 Å². The molecule has 4 rings (SSSR count). The van der Waals surface area contributed by atoms with Gasteiger partial charge in [-0.2, -0.15) is 0 Å². The standard InChI is InChI=1S/C31H38N2O3/c1-22(20-31(2,3)4)17-29(34)32-26-12-8-11-24(18-26)28-19-25-21-33(16-15-27(25)36-28)30(35)14-13-23-9-6-5-7-10-23/h5-12,18-19,22H,13-17,20-21H2,1-4H3,(H,32,34). The Kier molecular flexibility index (Phi) is 7.97. The van der Waals surface area contributed by atoms with Gasteiger partial charge in [0, 0.05) is 49.2 Å². The summed E-state index contributed by atoms with van der Waals surface area (Å²) in [5, 5.41) is 3.05. The van der Waals surface area contributed by atoms with Crippen molar-refractivity contribution in [3.8, 4) is 11.3 Å². The van der Waals surface area contributed by atoms with Gasteiger partial charge in [-0.25, -0.2) is 0 Å². The Hall–Kier alpha value is -3.34. The molecule has 0 spiro atoms. The van der Waals surface area contributed by atoms with E-state index in [1.54, 1.807) is 0 Å². The van der Waals surface area contributed by atoms with Crippen LogP contribution >= 0.6 is 0 Å². The van der Waals surface area contributed by atoms with Crippen LogP contribution in [0.15, 0.2) is 65.1 Å². The number of hydrogen-bond acceptors (Lipinski definition) is 3. The summed E-state index contributed by atoms with van der Waals surface area (Å²) in [6.07, 6.45) is 3.50. The van der Waals surface area contributed by atoms with E-state index in [1.165, 1.54) is 5.56 Å². The molecule has 0 bridgehead atoms. The number of hydrogen-bond donors (Lipinski definition) is 1. The molecule has 0 fully saturated rings. The van der Waals surface area contributed by atoms with Gasteiger partial charge < -0.3 is 14.6 Å². The lowest BCUT2D eigenvalue weighted by molar-refractivity contribution is -0.132. The molecule has 0 aliphatic carbocycles. The number of nitrogens with zero attached hydrogens (tertiary/aromatic N) is 1. The minimum Gasteiger partial charge on any atom is -0.461 e. The third kappa shape index (κ3) is 7.09. The molecule has 1 aromatic heterocycles. The van der Waals surface area contributed by atoms with Crippen molar-refractivity contribution < 1.29 is 14.0 Å². The number of rotatable bonds is 8. The normalized spacial score (nSPS) is 14.3. The zero-order valence-corrected chi connectivity index (χ0v) is 22.0. The molecule has 0 saturated carbocycles. The monoisotopic (exact) mass is 486 g/mol. The second kappa shape index (κ2) is 11.2. The minimum absolute atomic E-state index is 0.0345. The van der Waals surface area contributed by atoms with E-state index in [1.807, 2.05) is 53.4 Å². The molecule has 1 unspecified atom stereocenters. The van der Waals surface area contributed by atoms with E-state index in [4.69, 9.17) is 4.42 Å². The Balaban J connectivity index is 1.36. The average Bonchev–Trinajstić information content (AvgIpc) is 3.25. The fourth-order valence-electron chi connectivity index (χ4n) is 5.14. The zero-order valence-electron chi connectivity index (χ0n) is 22.0. The highest BCUT2D eigenvalue weighted by Gasteiger charge is 2.24. The fourth-order valence-corrected chi connectivity index (χ4v) is 5.14. The number of carbonyl (C=O) groups excluding carboxylic acids is 2. The summed E-state index contributed by atoms with van der Waals surface area (Å²) in [4.78, 5) is 27.3. The van der Waals surface area contributed by atoms with Crippen molar-refractivity contribution in [2.24, 2.45) is 11.3 Å². The molecule has 190 valence electrons. The Morgan fingerprint density at radius 2 is 1.83 bits per heavy atom. The van der Waals surface area contributed by atoms with Gasteiger partial charge in [0.05, 0.1) is 0 Å². The van der Waals surface area contributed by atoms with Gasteiger partial charge in [0.1, 0.15) is 11.5 Å². The maximum absolute atomic E-state index is 12.8. The molecule has 36 heavy (non-hydrogen) atoms. The van der Waals surface area contributed by atoms with Crippen LogP contribution in [-0.4, -0.2) is 23.3 Å². The van der Waals surface area contributed by atoms with E-state index in [2.05, 4.69) is 45.1 Å². The zero-order chi connectivity index (χ0) is 25.7. The Bertz CT molecular complexity index is 1190. The van der Waals surface area contributed by atoms with Crippen molar-refractivity contribution in [2.45, 2.75) is 66.3 Å². The van der Waals surface area contributed by atoms with Crippen LogP contribution < -0.4 is 5.32 Å². The predicted molar refractivity (Wildman–Crippen MR) is 145 cm³/mol. The summed E-state index contributed by atoms with van der Waals surface area (Å²) in [5.41, 5.74) is 4.15. The van der Waals surface area contributed by atoms with E-state index in [9.17, 15) is 9.59 Å². The summed E-state index contributed by atoms with van der Waals surface area (Å²) < 4.78 is 6.18. The van der Waals surface area contributed by atoms with Crippen LogP contribution in [0.5, 0.6) is 0 Å². The largest absolute Gasteiger partial charge is 0.461 e. The van der Waals surface area contributed by atoms with E-state index >= 15 is 0 Å². The number of nitrogens with one attached hydrogen (secondary N) is 1. The first-order chi connectivity index (χ1) is 17.2. The van der Waals surface area contributed by atoms with Crippen molar-refractivity contribution >= 4 is 17.5 Å². The number of carbonyl (C=O) groups is 2. The summed E-state index contributed by atoms with van der Waals surface area (Å²) >= 11 is 0. The average molecular weight is 487 g/mol. The Labute approximate surface area is 214 Å². The highest BCUT2D eigenvalue weighted by atomic mass is 16.3.